The Kier molecular flexibility index (Phi) is 5.88. The van der Waals surface area contributed by atoms with Crippen LogP contribution in [0.25, 0.3) is 6.08 Å². The van der Waals surface area contributed by atoms with Gasteiger partial charge in [0.05, 0.1) is 0 Å². The van der Waals surface area contributed by atoms with Gasteiger partial charge in [-0.1, -0.05) is 48.5 Å². The minimum Gasteiger partial charge on any atom is -0.473 e. The minimum absolute atomic E-state index is 0.0329. The number of hydrogen-bond donors (Lipinski definition) is 0. The van der Waals surface area contributed by atoms with Gasteiger partial charge in [-0.25, -0.2) is 0 Å². The van der Waals surface area contributed by atoms with Crippen molar-refractivity contribution in [3.63, 3.8) is 0 Å². The van der Waals surface area contributed by atoms with Crippen LogP contribution >= 0.6 is 0 Å². The van der Waals surface area contributed by atoms with Crippen LogP contribution < -0.4 is 19.3 Å². The molecule has 0 aliphatic carbocycles. The summed E-state index contributed by atoms with van der Waals surface area (Å²) < 4.78 is 11.9. The Bertz CT molecular complexity index is 1420. The molecule has 0 radical (unpaired) electrons. The van der Waals surface area contributed by atoms with Gasteiger partial charge < -0.3 is 19.3 Å². The molecule has 36 heavy (non-hydrogen) atoms. The minimum atomic E-state index is -0.0329. The maximum absolute atomic E-state index is 13.0. The summed E-state index contributed by atoms with van der Waals surface area (Å²) in [6.45, 7) is 2.48. The first-order chi connectivity index (χ1) is 17.7. The van der Waals surface area contributed by atoms with Gasteiger partial charge in [0.2, 0.25) is 0 Å². The van der Waals surface area contributed by atoms with Crippen molar-refractivity contribution >= 4 is 23.2 Å². The second-order valence-electron chi connectivity index (χ2n) is 9.00. The van der Waals surface area contributed by atoms with Gasteiger partial charge in [-0.15, -0.1) is 0 Å². The first-order valence-electron chi connectivity index (χ1n) is 12.1. The third-order valence-electron chi connectivity index (χ3n) is 6.57. The molecule has 0 aromatic heterocycles. The summed E-state index contributed by atoms with van der Waals surface area (Å²) in [5.41, 5.74) is 5.96. The summed E-state index contributed by atoms with van der Waals surface area (Å²) in [5.74, 6) is 1.69. The molecule has 0 fully saturated rings. The molecule has 4 aromatic carbocycles. The Morgan fingerprint density at radius 3 is 1.83 bits per heavy atom. The van der Waals surface area contributed by atoms with Gasteiger partial charge in [-0.3, -0.25) is 4.79 Å². The van der Waals surface area contributed by atoms with Gasteiger partial charge in [0.15, 0.2) is 19.2 Å². The van der Waals surface area contributed by atoms with E-state index in [4.69, 9.17) is 9.47 Å². The Balaban J connectivity index is 1.17. The van der Waals surface area contributed by atoms with Crippen molar-refractivity contribution in [2.24, 2.45) is 0 Å². The van der Waals surface area contributed by atoms with Gasteiger partial charge in [0, 0.05) is 41.2 Å². The fourth-order valence-corrected chi connectivity index (χ4v) is 4.64. The summed E-state index contributed by atoms with van der Waals surface area (Å²) in [6.07, 6.45) is 3.51. The molecule has 0 N–H and O–H groups in total. The summed E-state index contributed by atoms with van der Waals surface area (Å²) in [4.78, 5) is 17.3. The van der Waals surface area contributed by atoms with E-state index in [0.717, 1.165) is 46.1 Å². The number of hydrogen-bond acceptors (Lipinski definition) is 5. The first-order valence-corrected chi connectivity index (χ1v) is 12.1. The Labute approximate surface area is 210 Å². The molecule has 2 aliphatic rings. The van der Waals surface area contributed by atoms with Gasteiger partial charge in [-0.05, 0) is 66.2 Å². The fraction of sp³-hybridized carbons (Fsp3) is 0.129. The highest BCUT2D eigenvalue weighted by molar-refractivity contribution is 6.07. The molecule has 0 saturated heterocycles. The molecule has 0 unspecified atom stereocenters. The van der Waals surface area contributed by atoms with Gasteiger partial charge in [0.25, 0.3) is 0 Å². The highest BCUT2D eigenvalue weighted by Crippen LogP contribution is 2.31. The molecule has 178 valence electrons. The molecule has 2 heterocycles. The van der Waals surface area contributed by atoms with Crippen molar-refractivity contribution < 1.29 is 14.3 Å². The first kappa shape index (κ1) is 22.0. The molecular weight excluding hydrogens is 448 g/mol. The van der Waals surface area contributed by atoms with E-state index in [9.17, 15) is 4.79 Å². The molecule has 5 nitrogen and oxygen atoms in total. The highest BCUT2D eigenvalue weighted by Gasteiger charge is 2.20. The molecule has 0 bridgehead atoms. The van der Waals surface area contributed by atoms with Crippen LogP contribution in [0.1, 0.15) is 27.0 Å². The predicted octanol–water partition coefficient (Wildman–Crippen LogP) is 6.30. The SMILES string of the molecule is O=C(C=Cc1ccc2c(c1)CN(c1ccccc1)CO2)c1ccc2c(c1)CN(c1ccccc1)CO2. The summed E-state index contributed by atoms with van der Waals surface area (Å²) >= 11 is 0. The summed E-state index contributed by atoms with van der Waals surface area (Å²) in [7, 11) is 0. The molecule has 5 heteroatoms. The lowest BCUT2D eigenvalue weighted by atomic mass is 10.0. The van der Waals surface area contributed by atoms with Gasteiger partial charge in [0.1, 0.15) is 11.5 Å². The largest absolute Gasteiger partial charge is 0.473 e. The Morgan fingerprint density at radius 1 is 0.667 bits per heavy atom. The van der Waals surface area contributed by atoms with Crippen LogP contribution in [0.15, 0.2) is 103 Å². The second kappa shape index (κ2) is 9.62. The van der Waals surface area contributed by atoms with Gasteiger partial charge in [-0.2, -0.15) is 0 Å². The average molecular weight is 475 g/mol. The van der Waals surface area contributed by atoms with Crippen LogP contribution in [0.4, 0.5) is 11.4 Å². The zero-order valence-corrected chi connectivity index (χ0v) is 19.8. The quantitative estimate of drug-likeness (QED) is 0.251. The van der Waals surface area contributed by atoms with Crippen molar-refractivity contribution in [1.29, 1.82) is 0 Å². The smallest absolute Gasteiger partial charge is 0.185 e. The maximum atomic E-state index is 13.0. The van der Waals surface area contributed by atoms with Crippen LogP contribution in [0.5, 0.6) is 11.5 Å². The van der Waals surface area contributed by atoms with Crippen molar-refractivity contribution in [3.05, 3.63) is 125 Å². The van der Waals surface area contributed by atoms with E-state index in [2.05, 4.69) is 40.1 Å². The number of allylic oxidation sites excluding steroid dienone is 1. The Morgan fingerprint density at radius 2 is 1.22 bits per heavy atom. The Hall–Kier alpha value is -4.51. The van der Waals surface area contributed by atoms with Crippen LogP contribution in [-0.2, 0) is 13.1 Å². The molecule has 6 rings (SSSR count). The summed E-state index contributed by atoms with van der Waals surface area (Å²) in [5, 5.41) is 0. The van der Waals surface area contributed by atoms with Crippen LogP contribution in [-0.4, -0.2) is 19.2 Å². The molecule has 0 amide bonds. The number of anilines is 2. The lowest BCUT2D eigenvalue weighted by Gasteiger charge is -2.31. The number of para-hydroxylation sites is 2. The monoisotopic (exact) mass is 474 g/mol. The molecular formula is C31H26N2O3. The lowest BCUT2D eigenvalue weighted by Crippen LogP contribution is -2.31. The van der Waals surface area contributed by atoms with E-state index in [1.807, 2.05) is 72.8 Å². The van der Waals surface area contributed by atoms with Crippen molar-refractivity contribution in [1.82, 2.24) is 0 Å². The third kappa shape index (κ3) is 4.56. The fourth-order valence-electron chi connectivity index (χ4n) is 4.64. The molecule has 0 saturated carbocycles. The van der Waals surface area contributed by atoms with Gasteiger partial charge >= 0.3 is 0 Å². The zero-order chi connectivity index (χ0) is 24.3. The normalized spacial score (nSPS) is 14.6. The number of ether oxygens (including phenoxy) is 2. The second-order valence-corrected chi connectivity index (χ2v) is 9.00. The lowest BCUT2D eigenvalue weighted by molar-refractivity contribution is 0.104. The third-order valence-corrected chi connectivity index (χ3v) is 6.57. The van der Waals surface area contributed by atoms with Crippen molar-refractivity contribution in [2.75, 3.05) is 23.3 Å². The van der Waals surface area contributed by atoms with Crippen molar-refractivity contribution in [3.8, 4) is 11.5 Å². The average Bonchev–Trinajstić information content (AvgIpc) is 2.95. The van der Waals surface area contributed by atoms with E-state index in [1.165, 1.54) is 0 Å². The maximum Gasteiger partial charge on any atom is 0.185 e. The number of rotatable bonds is 5. The van der Waals surface area contributed by atoms with E-state index in [0.29, 0.717) is 25.6 Å². The van der Waals surface area contributed by atoms with Crippen LogP contribution in [0.3, 0.4) is 0 Å². The number of ketones is 1. The standard InChI is InChI=1S/C31H26N2O3/c34-29(24-13-16-31-26(18-24)20-33(22-36-31)28-9-5-2-6-10-28)14-11-23-12-15-30-25(17-23)19-32(21-35-30)27-7-3-1-4-8-27/h1-18H,19-22H2. The van der Waals surface area contributed by atoms with Crippen LogP contribution in [0, 0.1) is 0 Å². The molecule has 2 aliphatic heterocycles. The number of nitrogens with zero attached hydrogens (tertiary/aromatic N) is 2. The van der Waals surface area contributed by atoms with E-state index < -0.39 is 0 Å². The van der Waals surface area contributed by atoms with Crippen LogP contribution in [0.2, 0.25) is 0 Å². The van der Waals surface area contributed by atoms with E-state index in [1.54, 1.807) is 6.08 Å². The molecule has 0 spiro atoms. The van der Waals surface area contributed by atoms with E-state index in [-0.39, 0.29) is 5.78 Å². The highest BCUT2D eigenvalue weighted by atomic mass is 16.5. The zero-order valence-electron chi connectivity index (χ0n) is 19.8. The summed E-state index contributed by atoms with van der Waals surface area (Å²) in [6, 6.07) is 32.1. The molecule has 0 atom stereocenters. The predicted molar refractivity (Wildman–Crippen MR) is 142 cm³/mol. The van der Waals surface area contributed by atoms with E-state index >= 15 is 0 Å². The number of carbonyl (C=O) groups is 1. The number of carbonyl (C=O) groups excluding carboxylic acids is 1. The topological polar surface area (TPSA) is 42.0 Å². The molecule has 4 aromatic rings. The number of benzene rings is 4. The number of fused-ring (bicyclic) bond motifs is 2. The van der Waals surface area contributed by atoms with Crippen molar-refractivity contribution in [2.45, 2.75) is 13.1 Å².